The van der Waals surface area contributed by atoms with Gasteiger partial charge in [-0.15, -0.1) is 0 Å². The van der Waals surface area contributed by atoms with E-state index in [-0.39, 0.29) is 29.4 Å². The number of anilines is 2. The maximum Gasteiger partial charge on any atom is 0.404 e. The zero-order valence-corrected chi connectivity index (χ0v) is 20.6. The van der Waals surface area contributed by atoms with Crippen molar-refractivity contribution in [1.29, 1.82) is 0 Å². The Morgan fingerprint density at radius 3 is 2.56 bits per heavy atom. The molecule has 2 aliphatic rings. The van der Waals surface area contributed by atoms with Crippen molar-refractivity contribution >= 4 is 35.1 Å². The summed E-state index contributed by atoms with van der Waals surface area (Å²) in [6.07, 6.45) is 0.880. The normalized spacial score (nSPS) is 19.5. The zero-order valence-electron chi connectivity index (χ0n) is 20.6. The van der Waals surface area contributed by atoms with E-state index in [1.54, 1.807) is 24.8 Å². The lowest BCUT2D eigenvalue weighted by molar-refractivity contribution is -0.129. The lowest BCUT2D eigenvalue weighted by Gasteiger charge is -2.35. The Morgan fingerprint density at radius 2 is 1.92 bits per heavy atom. The molecule has 1 aromatic heterocycles. The molecule has 2 aromatic rings. The summed E-state index contributed by atoms with van der Waals surface area (Å²) in [5, 5.41) is 14.0. The predicted octanol–water partition coefficient (Wildman–Crippen LogP) is 2.61. The van der Waals surface area contributed by atoms with Gasteiger partial charge in [-0.1, -0.05) is 6.92 Å². The van der Waals surface area contributed by atoms with Crippen LogP contribution in [0.15, 0.2) is 28.9 Å². The second-order valence-corrected chi connectivity index (χ2v) is 9.33. The van der Waals surface area contributed by atoms with Gasteiger partial charge in [-0.2, -0.15) is 0 Å². The molecule has 3 N–H and O–H groups in total. The molecule has 11 nitrogen and oxygen atoms in total. The van der Waals surface area contributed by atoms with Crippen LogP contribution < -0.4 is 20.3 Å². The minimum atomic E-state index is -1.21. The number of hydrogen-bond acceptors (Lipinski definition) is 7. The van der Waals surface area contributed by atoms with Crippen LogP contribution in [0.5, 0.6) is 5.75 Å². The number of Topliss-reactive ketones (excluding diaryl/α,β-unsaturated/α-hetero) is 1. The average Bonchev–Trinajstić information content (AvgIpc) is 3.30. The van der Waals surface area contributed by atoms with E-state index in [0.29, 0.717) is 56.2 Å². The number of carbonyl (C=O) groups excluding carboxylic acids is 3. The molecule has 1 atom stereocenters. The van der Waals surface area contributed by atoms with Crippen molar-refractivity contribution in [1.82, 2.24) is 10.2 Å². The maximum atomic E-state index is 13.3. The first-order valence-electron chi connectivity index (χ1n) is 11.7. The third-order valence-corrected chi connectivity index (χ3v) is 6.94. The number of rotatable bonds is 6. The number of carbonyl (C=O) groups is 4. The molecular formula is C25H30N4O7. The van der Waals surface area contributed by atoms with Gasteiger partial charge in [0, 0.05) is 63.2 Å². The number of piperazine rings is 1. The summed E-state index contributed by atoms with van der Waals surface area (Å²) in [7, 11) is 1.51. The second kappa shape index (κ2) is 9.92. The number of fused-ring (bicyclic) bond motifs is 1. The molecule has 1 aliphatic heterocycles. The first-order chi connectivity index (χ1) is 17.1. The molecule has 11 heteroatoms. The molecule has 0 radical (unpaired) electrons. The maximum absolute atomic E-state index is 13.3. The Labute approximate surface area is 208 Å². The minimum Gasteiger partial charge on any atom is -0.494 e. The van der Waals surface area contributed by atoms with Gasteiger partial charge in [0.15, 0.2) is 5.78 Å². The summed E-state index contributed by atoms with van der Waals surface area (Å²) in [5.41, 5.74) is 0.651. The third-order valence-electron chi connectivity index (χ3n) is 6.94. The van der Waals surface area contributed by atoms with Gasteiger partial charge >= 0.3 is 6.09 Å². The molecule has 192 valence electrons. The van der Waals surface area contributed by atoms with Crippen molar-refractivity contribution < 1.29 is 33.4 Å². The van der Waals surface area contributed by atoms with Crippen molar-refractivity contribution in [2.75, 3.05) is 50.1 Å². The molecule has 1 aromatic carbocycles. The number of methoxy groups -OCH3 is 1. The number of amides is 3. The third kappa shape index (κ3) is 4.86. The van der Waals surface area contributed by atoms with E-state index in [4.69, 9.17) is 14.3 Å². The Kier molecular flexibility index (Phi) is 6.91. The number of ketones is 1. The van der Waals surface area contributed by atoms with E-state index >= 15 is 0 Å². The highest BCUT2D eigenvalue weighted by molar-refractivity contribution is 6.15. The fourth-order valence-electron chi connectivity index (χ4n) is 4.69. The number of furan rings is 1. The first-order valence-corrected chi connectivity index (χ1v) is 11.7. The molecule has 1 aliphatic carbocycles. The molecule has 0 spiro atoms. The van der Waals surface area contributed by atoms with Crippen molar-refractivity contribution in [2.45, 2.75) is 26.7 Å². The van der Waals surface area contributed by atoms with E-state index in [1.165, 1.54) is 13.4 Å². The highest BCUT2D eigenvalue weighted by Gasteiger charge is 2.43. The molecule has 1 fully saturated rings. The van der Waals surface area contributed by atoms with Crippen LogP contribution in [0.3, 0.4) is 0 Å². The molecule has 3 amide bonds. The summed E-state index contributed by atoms with van der Waals surface area (Å²) in [6, 6.07) is 5.43. The number of aryl methyl sites for hydroxylation is 1. The summed E-state index contributed by atoms with van der Waals surface area (Å²) in [6.45, 7) is 5.84. The first kappa shape index (κ1) is 25.1. The quantitative estimate of drug-likeness (QED) is 0.552. The number of carboxylic acid groups (broad SMARTS) is 1. The van der Waals surface area contributed by atoms with Gasteiger partial charge in [0.05, 0.1) is 23.9 Å². The Morgan fingerprint density at radius 1 is 1.19 bits per heavy atom. The fourth-order valence-corrected chi connectivity index (χ4v) is 4.69. The average molecular weight is 499 g/mol. The standard InChI is InChI=1S/C25H30N4O7/c1-15(30)28-8-10-29(11-9-28)16-4-5-18(20(12-16)35-3)27-23(32)17-13-36-19-6-7-25(2,14-26-24(33)34)22(31)21(17)19/h4-5,12-13,26H,6-11,14H2,1-3H3,(H,27,32)(H,33,34). The van der Waals surface area contributed by atoms with E-state index in [0.717, 1.165) is 5.69 Å². The van der Waals surface area contributed by atoms with Crippen molar-refractivity contribution in [3.8, 4) is 5.75 Å². The van der Waals surface area contributed by atoms with Crippen LogP contribution in [-0.2, 0) is 11.2 Å². The van der Waals surface area contributed by atoms with Crippen LogP contribution in [-0.4, -0.2) is 73.5 Å². The Balaban J connectivity index is 1.51. The van der Waals surface area contributed by atoms with Gasteiger partial charge in [0.2, 0.25) is 5.91 Å². The fraction of sp³-hybridized carbons (Fsp3) is 0.440. The second-order valence-electron chi connectivity index (χ2n) is 9.33. The molecule has 4 rings (SSSR count). The predicted molar refractivity (Wildman–Crippen MR) is 131 cm³/mol. The monoisotopic (exact) mass is 498 g/mol. The lowest BCUT2D eigenvalue weighted by atomic mass is 9.73. The molecule has 36 heavy (non-hydrogen) atoms. The molecule has 0 saturated carbocycles. The molecule has 0 bridgehead atoms. The van der Waals surface area contributed by atoms with E-state index < -0.39 is 17.4 Å². The van der Waals surface area contributed by atoms with E-state index in [1.807, 2.05) is 12.1 Å². The van der Waals surface area contributed by atoms with Gasteiger partial charge in [-0.3, -0.25) is 14.4 Å². The van der Waals surface area contributed by atoms with Gasteiger partial charge in [0.1, 0.15) is 17.8 Å². The van der Waals surface area contributed by atoms with Crippen LogP contribution in [0, 0.1) is 5.41 Å². The number of hydrogen-bond donors (Lipinski definition) is 3. The van der Waals surface area contributed by atoms with E-state index in [2.05, 4.69) is 15.5 Å². The number of nitrogens with one attached hydrogen (secondary N) is 2. The van der Waals surface area contributed by atoms with E-state index in [9.17, 15) is 19.2 Å². The Hall–Kier alpha value is -4.02. The highest BCUT2D eigenvalue weighted by atomic mass is 16.5. The Bertz CT molecular complexity index is 1200. The summed E-state index contributed by atoms with van der Waals surface area (Å²) < 4.78 is 11.0. The molecule has 2 heterocycles. The van der Waals surface area contributed by atoms with Crippen molar-refractivity contribution in [2.24, 2.45) is 5.41 Å². The zero-order chi connectivity index (χ0) is 26.0. The number of benzene rings is 1. The molecular weight excluding hydrogens is 468 g/mol. The molecule has 1 saturated heterocycles. The molecule has 1 unspecified atom stereocenters. The summed E-state index contributed by atoms with van der Waals surface area (Å²) in [5.74, 6) is 0.0796. The van der Waals surface area contributed by atoms with Crippen LogP contribution in [0.1, 0.15) is 46.7 Å². The summed E-state index contributed by atoms with van der Waals surface area (Å²) in [4.78, 5) is 52.9. The van der Waals surface area contributed by atoms with Crippen LogP contribution in [0.25, 0.3) is 0 Å². The van der Waals surface area contributed by atoms with Crippen molar-refractivity contribution in [3.63, 3.8) is 0 Å². The van der Waals surface area contributed by atoms with Gasteiger partial charge in [-0.25, -0.2) is 4.79 Å². The number of ether oxygens (including phenoxy) is 1. The SMILES string of the molecule is COc1cc(N2CCN(C(C)=O)CC2)ccc1NC(=O)c1coc2c1C(=O)C(C)(CNC(=O)O)CC2. The minimum absolute atomic E-state index is 0.0528. The topological polar surface area (TPSA) is 141 Å². The summed E-state index contributed by atoms with van der Waals surface area (Å²) >= 11 is 0. The largest absolute Gasteiger partial charge is 0.494 e. The van der Waals surface area contributed by atoms with Gasteiger partial charge in [-0.05, 0) is 18.6 Å². The lowest BCUT2D eigenvalue weighted by Crippen LogP contribution is -2.48. The smallest absolute Gasteiger partial charge is 0.404 e. The highest BCUT2D eigenvalue weighted by Crippen LogP contribution is 2.38. The van der Waals surface area contributed by atoms with Crippen molar-refractivity contribution in [3.05, 3.63) is 41.3 Å². The number of nitrogens with zero attached hydrogens (tertiary/aromatic N) is 2. The van der Waals surface area contributed by atoms with Crippen LogP contribution >= 0.6 is 0 Å². The van der Waals surface area contributed by atoms with Crippen LogP contribution in [0.2, 0.25) is 0 Å². The van der Waals surface area contributed by atoms with Crippen LogP contribution in [0.4, 0.5) is 16.2 Å². The van der Waals surface area contributed by atoms with Gasteiger partial charge in [0.25, 0.3) is 5.91 Å². The van der Waals surface area contributed by atoms with Gasteiger partial charge < -0.3 is 34.7 Å².